The molecular formula is C10H21F3N2. The molecule has 0 aromatic heterocycles. The van der Waals surface area contributed by atoms with E-state index in [1.165, 1.54) is 0 Å². The van der Waals surface area contributed by atoms with Gasteiger partial charge in [0.15, 0.2) is 0 Å². The molecule has 2 N–H and O–H groups in total. The van der Waals surface area contributed by atoms with Crippen LogP contribution >= 0.6 is 0 Å². The Morgan fingerprint density at radius 1 is 0.867 bits per heavy atom. The van der Waals surface area contributed by atoms with Crippen LogP contribution in [0.4, 0.5) is 13.2 Å². The first-order valence-electron chi connectivity index (χ1n) is 5.54. The zero-order valence-electron chi connectivity index (χ0n) is 9.29. The van der Waals surface area contributed by atoms with Crippen molar-refractivity contribution >= 4 is 0 Å². The lowest BCUT2D eigenvalue weighted by Gasteiger charge is -2.07. The Bertz CT molecular complexity index is 137. The molecule has 0 unspecified atom stereocenters. The van der Waals surface area contributed by atoms with Crippen molar-refractivity contribution in [3.8, 4) is 0 Å². The number of halogens is 3. The summed E-state index contributed by atoms with van der Waals surface area (Å²) in [7, 11) is 0. The van der Waals surface area contributed by atoms with Gasteiger partial charge in [0.05, 0.1) is 0 Å². The first-order valence-corrected chi connectivity index (χ1v) is 5.54. The highest BCUT2D eigenvalue weighted by Crippen LogP contribution is 2.21. The predicted octanol–water partition coefficient (Wildman–Crippen LogP) is 2.31. The Labute approximate surface area is 89.6 Å². The van der Waals surface area contributed by atoms with Gasteiger partial charge in [-0.2, -0.15) is 13.2 Å². The van der Waals surface area contributed by atoms with Crippen LogP contribution in [0.2, 0.25) is 0 Å². The Morgan fingerprint density at radius 2 is 1.47 bits per heavy atom. The van der Waals surface area contributed by atoms with Gasteiger partial charge in [0.2, 0.25) is 0 Å². The average molecular weight is 226 g/mol. The van der Waals surface area contributed by atoms with E-state index in [0.717, 1.165) is 26.1 Å². The monoisotopic (exact) mass is 226 g/mol. The summed E-state index contributed by atoms with van der Waals surface area (Å²) in [6.07, 6.45) is -2.75. The molecule has 0 aliphatic rings. The summed E-state index contributed by atoms with van der Waals surface area (Å²) in [5.74, 6) is 0. The first kappa shape index (κ1) is 14.7. The second-order valence-electron chi connectivity index (χ2n) is 3.57. The first-order chi connectivity index (χ1) is 7.06. The molecule has 0 saturated heterocycles. The van der Waals surface area contributed by atoms with Crippen molar-refractivity contribution < 1.29 is 13.2 Å². The van der Waals surface area contributed by atoms with E-state index in [1.54, 1.807) is 0 Å². The SMILES string of the molecule is CCCNCCNCCCCC(F)(F)F. The summed E-state index contributed by atoms with van der Waals surface area (Å²) < 4.78 is 35.2. The Kier molecular flexibility index (Phi) is 8.80. The van der Waals surface area contributed by atoms with Gasteiger partial charge in [-0.1, -0.05) is 6.92 Å². The summed E-state index contributed by atoms with van der Waals surface area (Å²) in [5, 5.41) is 6.31. The molecule has 0 aromatic carbocycles. The number of hydrogen-bond acceptors (Lipinski definition) is 2. The van der Waals surface area contributed by atoms with E-state index in [-0.39, 0.29) is 6.42 Å². The molecule has 0 saturated carbocycles. The van der Waals surface area contributed by atoms with Crippen molar-refractivity contribution in [2.75, 3.05) is 26.2 Å². The van der Waals surface area contributed by atoms with Crippen LogP contribution in [-0.2, 0) is 0 Å². The number of rotatable bonds is 9. The smallest absolute Gasteiger partial charge is 0.315 e. The molecule has 0 aliphatic carbocycles. The van der Waals surface area contributed by atoms with Crippen molar-refractivity contribution in [2.24, 2.45) is 0 Å². The highest BCUT2D eigenvalue weighted by molar-refractivity contribution is 4.55. The Hall–Kier alpha value is -0.290. The fourth-order valence-electron chi connectivity index (χ4n) is 1.18. The third kappa shape index (κ3) is 13.7. The minimum Gasteiger partial charge on any atom is -0.315 e. The van der Waals surface area contributed by atoms with Crippen LogP contribution in [0.15, 0.2) is 0 Å². The third-order valence-electron chi connectivity index (χ3n) is 1.97. The Morgan fingerprint density at radius 3 is 2.00 bits per heavy atom. The molecule has 0 amide bonds. The lowest BCUT2D eigenvalue weighted by atomic mass is 10.2. The molecular weight excluding hydrogens is 205 g/mol. The number of alkyl halides is 3. The largest absolute Gasteiger partial charge is 0.389 e. The average Bonchev–Trinajstić information content (AvgIpc) is 2.14. The summed E-state index contributed by atoms with van der Waals surface area (Å²) in [6, 6.07) is 0. The van der Waals surface area contributed by atoms with Gasteiger partial charge in [-0.25, -0.2) is 0 Å². The zero-order valence-corrected chi connectivity index (χ0v) is 9.29. The molecule has 5 heteroatoms. The molecule has 0 spiro atoms. The van der Waals surface area contributed by atoms with Gasteiger partial charge in [-0.15, -0.1) is 0 Å². The molecule has 2 nitrogen and oxygen atoms in total. The van der Waals surface area contributed by atoms with Crippen molar-refractivity contribution in [1.82, 2.24) is 10.6 Å². The van der Waals surface area contributed by atoms with Crippen LogP contribution in [0, 0.1) is 0 Å². The number of hydrogen-bond donors (Lipinski definition) is 2. The maximum Gasteiger partial charge on any atom is 0.389 e. The highest BCUT2D eigenvalue weighted by atomic mass is 19.4. The minimum atomic E-state index is -4.00. The van der Waals surface area contributed by atoms with Crippen LogP contribution in [-0.4, -0.2) is 32.4 Å². The molecule has 0 bridgehead atoms. The lowest BCUT2D eigenvalue weighted by Crippen LogP contribution is -2.28. The molecule has 0 heterocycles. The third-order valence-corrected chi connectivity index (χ3v) is 1.97. The normalized spacial score (nSPS) is 12.0. The van der Waals surface area contributed by atoms with Gasteiger partial charge in [-0.05, 0) is 32.4 Å². The van der Waals surface area contributed by atoms with Gasteiger partial charge in [0, 0.05) is 19.5 Å². The van der Waals surface area contributed by atoms with E-state index in [0.29, 0.717) is 13.0 Å². The number of nitrogens with one attached hydrogen (secondary N) is 2. The summed E-state index contributed by atoms with van der Waals surface area (Å²) in [6.45, 7) is 5.47. The molecule has 92 valence electrons. The summed E-state index contributed by atoms with van der Waals surface area (Å²) >= 11 is 0. The summed E-state index contributed by atoms with van der Waals surface area (Å²) in [5.41, 5.74) is 0. The van der Waals surface area contributed by atoms with Crippen molar-refractivity contribution in [1.29, 1.82) is 0 Å². The van der Waals surface area contributed by atoms with Crippen LogP contribution in [0.3, 0.4) is 0 Å². The Balaban J connectivity index is 2.99. The van der Waals surface area contributed by atoms with Crippen LogP contribution < -0.4 is 10.6 Å². The van der Waals surface area contributed by atoms with E-state index >= 15 is 0 Å². The predicted molar refractivity (Wildman–Crippen MR) is 55.9 cm³/mol. The fraction of sp³-hybridized carbons (Fsp3) is 1.00. The second kappa shape index (κ2) is 8.97. The molecule has 0 aliphatic heterocycles. The van der Waals surface area contributed by atoms with E-state index in [9.17, 15) is 13.2 Å². The quantitative estimate of drug-likeness (QED) is 0.589. The zero-order chi connectivity index (χ0) is 11.6. The molecule has 0 radical (unpaired) electrons. The summed E-state index contributed by atoms with van der Waals surface area (Å²) in [4.78, 5) is 0. The van der Waals surface area contributed by atoms with E-state index in [1.807, 2.05) is 0 Å². The van der Waals surface area contributed by atoms with Crippen molar-refractivity contribution in [3.05, 3.63) is 0 Å². The lowest BCUT2D eigenvalue weighted by molar-refractivity contribution is -0.135. The van der Waals surface area contributed by atoms with E-state index < -0.39 is 12.6 Å². The minimum absolute atomic E-state index is 0.221. The van der Waals surface area contributed by atoms with E-state index in [4.69, 9.17) is 0 Å². The molecule has 0 aromatic rings. The maximum absolute atomic E-state index is 11.7. The van der Waals surface area contributed by atoms with Gasteiger partial charge in [0.25, 0.3) is 0 Å². The topological polar surface area (TPSA) is 24.1 Å². The fourth-order valence-corrected chi connectivity index (χ4v) is 1.18. The highest BCUT2D eigenvalue weighted by Gasteiger charge is 2.25. The number of unbranched alkanes of at least 4 members (excludes halogenated alkanes) is 1. The van der Waals surface area contributed by atoms with Crippen LogP contribution in [0.1, 0.15) is 32.6 Å². The molecule has 0 fully saturated rings. The van der Waals surface area contributed by atoms with E-state index in [2.05, 4.69) is 17.6 Å². The molecule has 15 heavy (non-hydrogen) atoms. The van der Waals surface area contributed by atoms with Crippen LogP contribution in [0.5, 0.6) is 0 Å². The van der Waals surface area contributed by atoms with Gasteiger partial charge < -0.3 is 10.6 Å². The molecule has 0 rings (SSSR count). The van der Waals surface area contributed by atoms with Gasteiger partial charge in [0.1, 0.15) is 0 Å². The van der Waals surface area contributed by atoms with Crippen LogP contribution in [0.25, 0.3) is 0 Å². The van der Waals surface area contributed by atoms with Gasteiger partial charge >= 0.3 is 6.18 Å². The van der Waals surface area contributed by atoms with Crippen molar-refractivity contribution in [3.63, 3.8) is 0 Å². The standard InChI is InChI=1S/C10H21F3N2/c1-2-6-14-8-9-15-7-4-3-5-10(11,12)13/h14-15H,2-9H2,1H3. The van der Waals surface area contributed by atoms with Crippen molar-refractivity contribution in [2.45, 2.75) is 38.8 Å². The second-order valence-corrected chi connectivity index (χ2v) is 3.57. The van der Waals surface area contributed by atoms with Gasteiger partial charge in [-0.3, -0.25) is 0 Å². The maximum atomic E-state index is 11.7. The molecule has 0 atom stereocenters.